The van der Waals surface area contributed by atoms with Crippen LogP contribution in [0.3, 0.4) is 0 Å². The van der Waals surface area contributed by atoms with E-state index >= 15 is 0 Å². The Morgan fingerprint density at radius 3 is 2.65 bits per heavy atom. The molecule has 1 amide bonds. The minimum absolute atomic E-state index is 0.132. The van der Waals surface area contributed by atoms with Gasteiger partial charge < -0.3 is 5.32 Å². The largest absolute Gasteiger partial charge is 0.320 e. The van der Waals surface area contributed by atoms with E-state index in [0.717, 1.165) is 0 Å². The summed E-state index contributed by atoms with van der Waals surface area (Å²) in [4.78, 5) is 12.2. The van der Waals surface area contributed by atoms with E-state index < -0.39 is 5.91 Å². The molecule has 2 aromatic carbocycles. The van der Waals surface area contributed by atoms with Crippen molar-refractivity contribution in [3.63, 3.8) is 0 Å². The zero-order chi connectivity index (χ0) is 17.0. The Bertz CT molecular complexity index is 841. The smallest absolute Gasteiger partial charge is 0.266 e. The van der Waals surface area contributed by atoms with Crippen LogP contribution < -0.4 is 5.32 Å². The highest BCUT2D eigenvalue weighted by Gasteiger charge is 2.12. The summed E-state index contributed by atoms with van der Waals surface area (Å²) in [5, 5.41) is 12.4. The number of hydrogen-bond acceptors (Lipinski definition) is 2. The predicted octanol–water partition coefficient (Wildman–Crippen LogP) is 4.99. The molecule has 1 N–H and O–H groups in total. The predicted molar refractivity (Wildman–Crippen MR) is 89.8 cm³/mol. The molecule has 0 fully saturated rings. The molecule has 0 aromatic heterocycles. The molecule has 0 aliphatic carbocycles. The molecule has 2 aromatic rings. The number of halogens is 3. The number of rotatable bonds is 3. The first-order valence-corrected chi connectivity index (χ1v) is 7.30. The molecular weight excluding hydrogens is 338 g/mol. The molecule has 0 radical (unpaired) electrons. The van der Waals surface area contributed by atoms with Crippen LogP contribution in [0.2, 0.25) is 10.0 Å². The number of nitrogens with one attached hydrogen (secondary N) is 1. The molecule has 116 valence electrons. The second kappa shape index (κ2) is 7.28. The van der Waals surface area contributed by atoms with Crippen molar-refractivity contribution in [2.24, 2.45) is 0 Å². The summed E-state index contributed by atoms with van der Waals surface area (Å²) in [5.74, 6) is -0.977. The van der Waals surface area contributed by atoms with Gasteiger partial charge in [-0.05, 0) is 54.5 Å². The summed E-state index contributed by atoms with van der Waals surface area (Å²) in [6.07, 6.45) is 1.38. The Morgan fingerprint density at radius 2 is 2.00 bits per heavy atom. The molecule has 0 bridgehead atoms. The van der Waals surface area contributed by atoms with E-state index in [9.17, 15) is 14.4 Å². The molecular formula is C17H11Cl2FN2O. The lowest BCUT2D eigenvalue weighted by atomic mass is 10.1. The fourth-order valence-electron chi connectivity index (χ4n) is 1.86. The number of amides is 1. The normalized spacial score (nSPS) is 11.0. The topological polar surface area (TPSA) is 52.9 Å². The van der Waals surface area contributed by atoms with Crippen molar-refractivity contribution in [3.8, 4) is 6.07 Å². The standard InChI is InChI=1S/C17H11Cl2FN2O/c1-10-6-11(2-5-15(10)20)7-12(9-21)17(23)22-16-8-13(18)3-4-14(16)19/h2-8H,1H3,(H,22,23)/b12-7-. The molecule has 3 nitrogen and oxygen atoms in total. The number of nitriles is 1. The third-order valence-corrected chi connectivity index (χ3v) is 3.60. The average molecular weight is 349 g/mol. The zero-order valence-corrected chi connectivity index (χ0v) is 13.5. The van der Waals surface area contributed by atoms with Crippen molar-refractivity contribution in [2.45, 2.75) is 6.92 Å². The molecule has 0 aliphatic rings. The van der Waals surface area contributed by atoms with Gasteiger partial charge in [0.05, 0.1) is 10.7 Å². The van der Waals surface area contributed by atoms with E-state index in [4.69, 9.17) is 23.2 Å². The zero-order valence-electron chi connectivity index (χ0n) is 12.0. The lowest BCUT2D eigenvalue weighted by Gasteiger charge is -2.07. The van der Waals surface area contributed by atoms with Gasteiger partial charge in [0.2, 0.25) is 0 Å². The summed E-state index contributed by atoms with van der Waals surface area (Å²) < 4.78 is 13.3. The summed E-state index contributed by atoms with van der Waals surface area (Å²) in [6, 6.07) is 10.7. The fraction of sp³-hybridized carbons (Fsp3) is 0.0588. The van der Waals surface area contributed by atoms with Gasteiger partial charge in [0.25, 0.3) is 5.91 Å². The first-order valence-electron chi connectivity index (χ1n) is 6.55. The highest BCUT2D eigenvalue weighted by molar-refractivity contribution is 6.36. The van der Waals surface area contributed by atoms with Gasteiger partial charge in [-0.1, -0.05) is 29.3 Å². The number of anilines is 1. The summed E-state index contributed by atoms with van der Waals surface area (Å²) in [5.41, 5.74) is 1.15. The van der Waals surface area contributed by atoms with Gasteiger partial charge in [0, 0.05) is 5.02 Å². The highest BCUT2D eigenvalue weighted by atomic mass is 35.5. The maximum Gasteiger partial charge on any atom is 0.266 e. The first-order chi connectivity index (χ1) is 10.9. The van der Waals surface area contributed by atoms with Crippen molar-refractivity contribution in [3.05, 3.63) is 69.0 Å². The number of benzene rings is 2. The van der Waals surface area contributed by atoms with Gasteiger partial charge in [-0.15, -0.1) is 0 Å². The maximum atomic E-state index is 13.3. The Morgan fingerprint density at radius 1 is 1.26 bits per heavy atom. The summed E-state index contributed by atoms with van der Waals surface area (Å²) >= 11 is 11.8. The van der Waals surface area contributed by atoms with E-state index in [-0.39, 0.29) is 11.4 Å². The van der Waals surface area contributed by atoms with Gasteiger partial charge in [-0.3, -0.25) is 4.79 Å². The first kappa shape index (κ1) is 17.0. The van der Waals surface area contributed by atoms with Crippen LogP contribution in [0, 0.1) is 24.1 Å². The SMILES string of the molecule is Cc1cc(/C=C(/C#N)C(=O)Nc2cc(Cl)ccc2Cl)ccc1F. The van der Waals surface area contributed by atoms with Crippen LogP contribution in [-0.4, -0.2) is 5.91 Å². The molecule has 0 atom stereocenters. The number of carbonyl (C=O) groups excluding carboxylic acids is 1. The van der Waals surface area contributed by atoms with E-state index in [2.05, 4.69) is 5.32 Å². The van der Waals surface area contributed by atoms with Gasteiger partial charge in [-0.2, -0.15) is 5.26 Å². The van der Waals surface area contributed by atoms with Crippen LogP contribution in [0.5, 0.6) is 0 Å². The van der Waals surface area contributed by atoms with Crippen molar-refractivity contribution in [2.75, 3.05) is 5.32 Å². The van der Waals surface area contributed by atoms with Crippen molar-refractivity contribution >= 4 is 40.9 Å². The van der Waals surface area contributed by atoms with E-state index in [0.29, 0.717) is 26.9 Å². The van der Waals surface area contributed by atoms with E-state index in [1.54, 1.807) is 25.1 Å². The van der Waals surface area contributed by atoms with Gasteiger partial charge in [0.1, 0.15) is 17.5 Å². The second-order valence-electron chi connectivity index (χ2n) is 4.76. The van der Waals surface area contributed by atoms with Gasteiger partial charge >= 0.3 is 0 Å². The molecule has 0 spiro atoms. The number of nitrogens with zero attached hydrogens (tertiary/aromatic N) is 1. The minimum Gasteiger partial charge on any atom is -0.320 e. The Hall–Kier alpha value is -2.35. The molecule has 0 aliphatic heterocycles. The van der Waals surface area contributed by atoms with Crippen LogP contribution in [0.15, 0.2) is 42.0 Å². The highest BCUT2D eigenvalue weighted by Crippen LogP contribution is 2.26. The fourth-order valence-corrected chi connectivity index (χ4v) is 2.19. The molecule has 0 saturated heterocycles. The van der Waals surface area contributed by atoms with Gasteiger partial charge in [0.15, 0.2) is 0 Å². The van der Waals surface area contributed by atoms with Crippen LogP contribution in [0.4, 0.5) is 10.1 Å². The lowest BCUT2D eigenvalue weighted by Crippen LogP contribution is -2.13. The Labute approximate surface area is 142 Å². The number of carbonyl (C=O) groups is 1. The van der Waals surface area contributed by atoms with Crippen LogP contribution >= 0.6 is 23.2 Å². The molecule has 6 heteroatoms. The van der Waals surface area contributed by atoms with Crippen LogP contribution in [0.1, 0.15) is 11.1 Å². The quantitative estimate of drug-likeness (QED) is 0.627. The third-order valence-electron chi connectivity index (χ3n) is 3.03. The maximum absolute atomic E-state index is 13.3. The monoisotopic (exact) mass is 348 g/mol. The number of hydrogen-bond donors (Lipinski definition) is 1. The average Bonchev–Trinajstić information content (AvgIpc) is 2.51. The van der Waals surface area contributed by atoms with Crippen LogP contribution in [-0.2, 0) is 4.79 Å². The van der Waals surface area contributed by atoms with Crippen LogP contribution in [0.25, 0.3) is 6.08 Å². The lowest BCUT2D eigenvalue weighted by molar-refractivity contribution is -0.112. The summed E-state index contributed by atoms with van der Waals surface area (Å²) in [6.45, 7) is 1.60. The van der Waals surface area contributed by atoms with Crippen molar-refractivity contribution < 1.29 is 9.18 Å². The van der Waals surface area contributed by atoms with Crippen molar-refractivity contribution in [1.82, 2.24) is 0 Å². The second-order valence-corrected chi connectivity index (χ2v) is 5.60. The van der Waals surface area contributed by atoms with Crippen molar-refractivity contribution in [1.29, 1.82) is 5.26 Å². The molecule has 0 heterocycles. The Kier molecular flexibility index (Phi) is 5.38. The Balaban J connectivity index is 2.28. The number of aryl methyl sites for hydroxylation is 1. The van der Waals surface area contributed by atoms with E-state index in [1.807, 2.05) is 6.07 Å². The summed E-state index contributed by atoms with van der Waals surface area (Å²) in [7, 11) is 0. The molecule has 0 saturated carbocycles. The minimum atomic E-state index is -0.626. The molecule has 23 heavy (non-hydrogen) atoms. The molecule has 2 rings (SSSR count). The third kappa shape index (κ3) is 4.32. The van der Waals surface area contributed by atoms with E-state index in [1.165, 1.54) is 24.3 Å². The van der Waals surface area contributed by atoms with Gasteiger partial charge in [-0.25, -0.2) is 4.39 Å². The molecule has 0 unspecified atom stereocenters.